The van der Waals surface area contributed by atoms with E-state index in [2.05, 4.69) is 15.3 Å². The van der Waals surface area contributed by atoms with Crippen LogP contribution in [0, 0.1) is 0 Å². The molecule has 114 valence electrons. The number of ether oxygens (including phenoxy) is 1. The molecule has 1 unspecified atom stereocenters. The molecular weight excluding hydrogens is 296 g/mol. The van der Waals surface area contributed by atoms with Crippen LogP contribution in [0.3, 0.4) is 0 Å². The Labute approximate surface area is 131 Å². The molecule has 0 aromatic heterocycles. The van der Waals surface area contributed by atoms with Gasteiger partial charge in [-0.15, -0.1) is 0 Å². The van der Waals surface area contributed by atoms with Gasteiger partial charge >= 0.3 is 0 Å². The summed E-state index contributed by atoms with van der Waals surface area (Å²) < 4.78 is 5.12. The van der Waals surface area contributed by atoms with E-state index in [9.17, 15) is 9.59 Å². The third-order valence-corrected chi connectivity index (χ3v) is 3.76. The molecule has 1 aliphatic heterocycles. The van der Waals surface area contributed by atoms with E-state index in [1.165, 1.54) is 13.2 Å². The minimum absolute atomic E-state index is 0.236. The van der Waals surface area contributed by atoms with Crippen molar-refractivity contribution in [3.8, 4) is 5.75 Å². The van der Waals surface area contributed by atoms with E-state index >= 15 is 0 Å². The van der Waals surface area contributed by atoms with Gasteiger partial charge in [0.1, 0.15) is 5.75 Å². The Bertz CT molecular complexity index is 844. The molecule has 23 heavy (non-hydrogen) atoms. The van der Waals surface area contributed by atoms with E-state index in [4.69, 9.17) is 10.3 Å². The van der Waals surface area contributed by atoms with Crippen LogP contribution in [0.15, 0.2) is 53.6 Å². The summed E-state index contributed by atoms with van der Waals surface area (Å²) in [5.74, 6) is -0.792. The molecule has 0 fully saturated rings. The van der Waals surface area contributed by atoms with Gasteiger partial charge in [-0.25, -0.2) is 0 Å². The van der Waals surface area contributed by atoms with Crippen molar-refractivity contribution < 1.29 is 14.3 Å². The zero-order chi connectivity index (χ0) is 16.4. The maximum absolute atomic E-state index is 13.0. The number of ketones is 1. The number of Topliss-reactive ketones (excluding diaryl/α,β-unsaturated/α-hetero) is 1. The van der Waals surface area contributed by atoms with Gasteiger partial charge in [0.15, 0.2) is 5.78 Å². The molecule has 0 saturated carbocycles. The maximum Gasteiger partial charge on any atom is 0.249 e. The minimum atomic E-state index is -1.96. The Hall–Kier alpha value is -3.31. The first-order valence-electron chi connectivity index (χ1n) is 6.79. The van der Waals surface area contributed by atoms with Crippen LogP contribution < -0.4 is 10.1 Å². The predicted octanol–water partition coefficient (Wildman–Crippen LogP) is 3.04. The Kier molecular flexibility index (Phi) is 3.48. The average Bonchev–Trinajstić information content (AvgIpc) is 2.59. The van der Waals surface area contributed by atoms with Gasteiger partial charge in [0.25, 0.3) is 0 Å². The molecule has 2 aromatic carbocycles. The molecule has 1 N–H and O–H groups in total. The second-order valence-electron chi connectivity index (χ2n) is 4.96. The van der Waals surface area contributed by atoms with E-state index in [1.807, 2.05) is 0 Å². The third kappa shape index (κ3) is 2.11. The molecule has 2 aromatic rings. The highest BCUT2D eigenvalue weighted by atomic mass is 16.5. The molecule has 1 amide bonds. The minimum Gasteiger partial charge on any atom is -0.497 e. The van der Waals surface area contributed by atoms with E-state index in [0.29, 0.717) is 17.0 Å². The summed E-state index contributed by atoms with van der Waals surface area (Å²) in [5.41, 5.74) is 7.88. The molecule has 7 nitrogen and oxygen atoms in total. The quantitative estimate of drug-likeness (QED) is 0.408. The lowest BCUT2D eigenvalue weighted by atomic mass is 9.79. The number of azide groups is 1. The fourth-order valence-corrected chi connectivity index (χ4v) is 2.62. The third-order valence-electron chi connectivity index (χ3n) is 3.76. The first-order valence-corrected chi connectivity index (χ1v) is 6.79. The maximum atomic E-state index is 13.0. The van der Waals surface area contributed by atoms with E-state index in [1.54, 1.807) is 42.5 Å². The van der Waals surface area contributed by atoms with Crippen molar-refractivity contribution >= 4 is 17.4 Å². The molecule has 0 aliphatic carbocycles. The highest BCUT2D eigenvalue weighted by Crippen LogP contribution is 2.39. The standard InChI is InChI=1S/C16H12N4O3/c1-23-11-7-8-13-12(9-11)14(21)16(19-20-17,15(22)18-13)10-5-3-2-4-6-10/h2-9H,1H3,(H,18,22). The van der Waals surface area contributed by atoms with Gasteiger partial charge in [-0.3, -0.25) is 9.59 Å². The fourth-order valence-electron chi connectivity index (χ4n) is 2.62. The number of nitrogens with zero attached hydrogens (tertiary/aromatic N) is 3. The number of carbonyl (C=O) groups is 2. The largest absolute Gasteiger partial charge is 0.497 e. The van der Waals surface area contributed by atoms with Crippen molar-refractivity contribution in [1.29, 1.82) is 0 Å². The molecular formula is C16H12N4O3. The SMILES string of the molecule is COc1ccc2c(c1)C(=O)C(N=[N+]=[N-])(c1ccccc1)C(=O)N2. The molecule has 1 heterocycles. The molecule has 1 aliphatic rings. The Morgan fingerprint density at radius 3 is 2.57 bits per heavy atom. The molecule has 0 bridgehead atoms. The molecule has 1 atom stereocenters. The van der Waals surface area contributed by atoms with Crippen LogP contribution in [0.5, 0.6) is 5.75 Å². The van der Waals surface area contributed by atoms with Crippen molar-refractivity contribution in [2.24, 2.45) is 5.11 Å². The summed E-state index contributed by atoms with van der Waals surface area (Å²) in [7, 11) is 1.48. The summed E-state index contributed by atoms with van der Waals surface area (Å²) in [4.78, 5) is 28.4. The number of hydrogen-bond acceptors (Lipinski definition) is 4. The monoisotopic (exact) mass is 308 g/mol. The van der Waals surface area contributed by atoms with Crippen molar-refractivity contribution in [2.45, 2.75) is 5.54 Å². The van der Waals surface area contributed by atoms with Gasteiger partial charge in [0.05, 0.1) is 12.8 Å². The van der Waals surface area contributed by atoms with Gasteiger partial charge in [-0.1, -0.05) is 35.4 Å². The lowest BCUT2D eigenvalue weighted by Crippen LogP contribution is -2.49. The zero-order valence-corrected chi connectivity index (χ0v) is 12.2. The number of carbonyl (C=O) groups excluding carboxylic acids is 2. The average molecular weight is 308 g/mol. The van der Waals surface area contributed by atoms with Crippen molar-refractivity contribution in [3.05, 3.63) is 70.1 Å². The van der Waals surface area contributed by atoms with Crippen molar-refractivity contribution in [3.63, 3.8) is 0 Å². The van der Waals surface area contributed by atoms with Crippen molar-refractivity contribution in [2.75, 3.05) is 12.4 Å². The number of rotatable bonds is 3. The predicted molar refractivity (Wildman–Crippen MR) is 83.2 cm³/mol. The topological polar surface area (TPSA) is 104 Å². The number of amides is 1. The molecule has 0 radical (unpaired) electrons. The van der Waals surface area contributed by atoms with E-state index in [-0.39, 0.29) is 5.56 Å². The van der Waals surface area contributed by atoms with E-state index in [0.717, 1.165) is 0 Å². The Morgan fingerprint density at radius 2 is 1.91 bits per heavy atom. The lowest BCUT2D eigenvalue weighted by molar-refractivity contribution is -0.120. The Balaban J connectivity index is 2.27. The highest BCUT2D eigenvalue weighted by Gasteiger charge is 2.51. The first-order chi connectivity index (χ1) is 11.1. The highest BCUT2D eigenvalue weighted by molar-refractivity contribution is 6.27. The fraction of sp³-hybridized carbons (Fsp3) is 0.125. The molecule has 0 saturated heterocycles. The summed E-state index contributed by atoms with van der Waals surface area (Å²) >= 11 is 0. The van der Waals surface area contributed by atoms with Crippen LogP contribution in [0.25, 0.3) is 10.4 Å². The Morgan fingerprint density at radius 1 is 1.17 bits per heavy atom. The van der Waals surface area contributed by atoms with Gasteiger partial charge in [-0.05, 0) is 29.3 Å². The van der Waals surface area contributed by atoms with Crippen LogP contribution in [-0.4, -0.2) is 18.8 Å². The van der Waals surface area contributed by atoms with Crippen LogP contribution in [0.4, 0.5) is 5.69 Å². The second-order valence-corrected chi connectivity index (χ2v) is 4.96. The molecule has 7 heteroatoms. The van der Waals surface area contributed by atoms with Gasteiger partial charge < -0.3 is 10.1 Å². The van der Waals surface area contributed by atoms with Crippen LogP contribution in [-0.2, 0) is 10.3 Å². The number of fused-ring (bicyclic) bond motifs is 1. The normalized spacial score (nSPS) is 19.3. The number of methoxy groups -OCH3 is 1. The summed E-state index contributed by atoms with van der Waals surface area (Å²) in [6.45, 7) is 0. The number of hydrogen-bond donors (Lipinski definition) is 1. The number of anilines is 1. The first kappa shape index (κ1) is 14.6. The molecule has 3 rings (SSSR count). The summed E-state index contributed by atoms with van der Waals surface area (Å²) in [6.07, 6.45) is 0. The van der Waals surface area contributed by atoms with Crippen molar-refractivity contribution in [1.82, 2.24) is 0 Å². The number of nitrogens with one attached hydrogen (secondary N) is 1. The van der Waals surface area contributed by atoms with Gasteiger partial charge in [-0.2, -0.15) is 0 Å². The molecule has 0 spiro atoms. The van der Waals surface area contributed by atoms with Gasteiger partial charge in [0, 0.05) is 10.5 Å². The lowest BCUT2D eigenvalue weighted by Gasteiger charge is -2.32. The summed E-state index contributed by atoms with van der Waals surface area (Å²) in [5, 5.41) is 6.22. The smallest absolute Gasteiger partial charge is 0.249 e. The number of benzene rings is 2. The zero-order valence-electron chi connectivity index (χ0n) is 12.2. The van der Waals surface area contributed by atoms with Crippen LogP contribution >= 0.6 is 0 Å². The second kappa shape index (κ2) is 5.47. The van der Waals surface area contributed by atoms with Gasteiger partial charge in [0.2, 0.25) is 11.4 Å². The summed E-state index contributed by atoms with van der Waals surface area (Å²) in [6, 6.07) is 13.0. The van der Waals surface area contributed by atoms with Crippen LogP contribution in [0.1, 0.15) is 15.9 Å². The van der Waals surface area contributed by atoms with Crippen LogP contribution in [0.2, 0.25) is 0 Å². The van der Waals surface area contributed by atoms with E-state index < -0.39 is 17.2 Å².